The van der Waals surface area contributed by atoms with E-state index in [-0.39, 0.29) is 24.0 Å². The van der Waals surface area contributed by atoms with E-state index >= 15 is 0 Å². The van der Waals surface area contributed by atoms with Crippen LogP contribution in [0.2, 0.25) is 0 Å². The minimum Gasteiger partial charge on any atom is -0.392 e. The number of amides is 1. The average Bonchev–Trinajstić information content (AvgIpc) is 3.24. The fourth-order valence-corrected chi connectivity index (χ4v) is 4.10. The largest absolute Gasteiger partial charge is 0.392 e. The molecule has 1 aliphatic carbocycles. The molecule has 6 N–H and O–H groups in total. The van der Waals surface area contributed by atoms with Crippen molar-refractivity contribution in [1.29, 1.82) is 0 Å². The third kappa shape index (κ3) is 4.44. The van der Waals surface area contributed by atoms with Crippen LogP contribution in [0.3, 0.4) is 0 Å². The van der Waals surface area contributed by atoms with Gasteiger partial charge in [0.25, 0.3) is 11.5 Å². The molecule has 4 rings (SSSR count). The summed E-state index contributed by atoms with van der Waals surface area (Å²) >= 11 is 0. The van der Waals surface area contributed by atoms with Crippen LogP contribution < -0.4 is 22.3 Å². The highest BCUT2D eigenvalue weighted by Gasteiger charge is 2.28. The highest BCUT2D eigenvalue weighted by molar-refractivity contribution is 5.97. The van der Waals surface area contributed by atoms with E-state index in [1.54, 1.807) is 0 Å². The number of hydrogen-bond donors (Lipinski definition) is 5. The highest BCUT2D eigenvalue weighted by atomic mass is 16.3. The number of benzene rings is 2. The molecule has 1 aromatic heterocycles. The van der Waals surface area contributed by atoms with Crippen LogP contribution >= 0.6 is 0 Å². The minimum absolute atomic E-state index is 0.0298. The molecule has 3 aromatic rings. The molecule has 31 heavy (non-hydrogen) atoms. The number of carbonyl (C=O) groups is 1. The maximum atomic E-state index is 12.5. The molecule has 0 radical (unpaired) electrons. The zero-order valence-electron chi connectivity index (χ0n) is 16.9. The van der Waals surface area contributed by atoms with Crippen LogP contribution in [0.4, 0.5) is 5.69 Å². The number of aromatic nitrogens is 2. The average molecular weight is 420 g/mol. The van der Waals surface area contributed by atoms with Gasteiger partial charge >= 0.3 is 5.69 Å². The van der Waals surface area contributed by atoms with Gasteiger partial charge in [0.15, 0.2) is 0 Å². The summed E-state index contributed by atoms with van der Waals surface area (Å²) in [4.78, 5) is 39.8. The lowest BCUT2D eigenvalue weighted by Gasteiger charge is -2.14. The summed E-state index contributed by atoms with van der Waals surface area (Å²) in [5.41, 5.74) is 7.88. The smallest absolute Gasteiger partial charge is 0.326 e. The van der Waals surface area contributed by atoms with Crippen molar-refractivity contribution in [3.05, 3.63) is 86.2 Å². The van der Waals surface area contributed by atoms with Gasteiger partial charge in [-0.15, -0.1) is 0 Å². The van der Waals surface area contributed by atoms with Crippen molar-refractivity contribution >= 4 is 11.6 Å². The Balaban J connectivity index is 1.41. The number of carbonyl (C=O) groups excluding carboxylic acids is 1. The lowest BCUT2D eigenvalue weighted by molar-refractivity contribution is 0.0933. The number of nitrogens with one attached hydrogen (secondary N) is 3. The highest BCUT2D eigenvalue weighted by Crippen LogP contribution is 2.35. The van der Waals surface area contributed by atoms with E-state index in [1.165, 1.54) is 5.56 Å². The van der Waals surface area contributed by atoms with Gasteiger partial charge in [-0.1, -0.05) is 48.5 Å². The second-order valence-electron chi connectivity index (χ2n) is 7.85. The Hall–Kier alpha value is -3.65. The molecule has 1 amide bonds. The fraction of sp³-hybridized carbons (Fsp3) is 0.261. The Morgan fingerprint density at radius 3 is 2.29 bits per heavy atom. The molecule has 0 unspecified atom stereocenters. The lowest BCUT2D eigenvalue weighted by Crippen LogP contribution is -2.37. The molecule has 8 nitrogen and oxygen atoms in total. The first-order valence-electron chi connectivity index (χ1n) is 10.2. The van der Waals surface area contributed by atoms with Gasteiger partial charge in [0.1, 0.15) is 11.4 Å². The van der Waals surface area contributed by atoms with E-state index in [9.17, 15) is 19.5 Å². The zero-order valence-corrected chi connectivity index (χ0v) is 16.9. The van der Waals surface area contributed by atoms with Crippen LogP contribution in [0.5, 0.6) is 0 Å². The molecular formula is C23H24N4O4. The molecule has 1 aliphatic rings. The Morgan fingerprint density at radius 1 is 1.00 bits per heavy atom. The summed E-state index contributed by atoms with van der Waals surface area (Å²) < 4.78 is 0. The van der Waals surface area contributed by atoms with Crippen LogP contribution in [0.1, 0.15) is 46.8 Å². The van der Waals surface area contributed by atoms with Gasteiger partial charge in [0.05, 0.1) is 6.61 Å². The standard InChI is InChI=1S/C23H24N4O4/c24-19-20(26-23(31)27-21(19)29)22(30)25-18-10-9-17(11-18)16-7-5-15(6-8-16)14-3-1-13(12-28)2-4-14/h1-8,17-18,28H,9-12,24H2,(H,25,30)(H2,26,27,29,31)/t17-,18+/m1/s1. The normalized spacial score (nSPS) is 18.1. The summed E-state index contributed by atoms with van der Waals surface area (Å²) in [7, 11) is 0. The van der Waals surface area contributed by atoms with Crippen molar-refractivity contribution in [1.82, 2.24) is 15.3 Å². The van der Waals surface area contributed by atoms with E-state index in [1.807, 2.05) is 29.2 Å². The lowest BCUT2D eigenvalue weighted by atomic mass is 9.94. The third-order valence-electron chi connectivity index (χ3n) is 5.83. The van der Waals surface area contributed by atoms with Crippen LogP contribution in [-0.2, 0) is 6.61 Å². The third-order valence-corrected chi connectivity index (χ3v) is 5.83. The topological polar surface area (TPSA) is 141 Å². The Morgan fingerprint density at radius 2 is 1.65 bits per heavy atom. The first kappa shape index (κ1) is 20.6. The van der Waals surface area contributed by atoms with E-state index in [4.69, 9.17) is 5.73 Å². The molecule has 0 bridgehead atoms. The zero-order chi connectivity index (χ0) is 22.0. The van der Waals surface area contributed by atoms with Gasteiger partial charge in [0.2, 0.25) is 0 Å². The minimum atomic E-state index is -0.774. The van der Waals surface area contributed by atoms with E-state index in [0.717, 1.165) is 36.0 Å². The summed E-state index contributed by atoms with van der Waals surface area (Å²) in [6, 6.07) is 16.1. The van der Waals surface area contributed by atoms with Gasteiger partial charge in [-0.2, -0.15) is 0 Å². The second kappa shape index (κ2) is 8.61. The summed E-state index contributed by atoms with van der Waals surface area (Å²) in [5, 5.41) is 12.0. The van der Waals surface area contributed by atoms with E-state index in [0.29, 0.717) is 5.92 Å². The number of aliphatic hydroxyl groups excluding tert-OH is 1. The first-order valence-corrected chi connectivity index (χ1v) is 10.2. The number of hydrogen-bond acceptors (Lipinski definition) is 5. The Bertz CT molecular complexity index is 1200. The Kier molecular flexibility index (Phi) is 5.73. The Labute approximate surface area is 178 Å². The number of rotatable bonds is 5. The van der Waals surface area contributed by atoms with Gasteiger partial charge < -0.3 is 21.1 Å². The number of aromatic amines is 2. The molecule has 1 saturated carbocycles. The maximum absolute atomic E-state index is 12.5. The first-order chi connectivity index (χ1) is 14.9. The second-order valence-corrected chi connectivity index (χ2v) is 7.85. The molecule has 1 heterocycles. The molecule has 2 atom stereocenters. The molecule has 160 valence electrons. The SMILES string of the molecule is Nc1c(C(=O)N[C@H]2CC[C@@H](c3ccc(-c4ccc(CO)cc4)cc3)C2)[nH]c(=O)[nH]c1=O. The number of H-pyrrole nitrogens is 2. The maximum Gasteiger partial charge on any atom is 0.326 e. The van der Waals surface area contributed by atoms with Crippen LogP contribution in [0.25, 0.3) is 11.1 Å². The van der Waals surface area contributed by atoms with Crippen LogP contribution in [-0.4, -0.2) is 27.0 Å². The fourth-order valence-electron chi connectivity index (χ4n) is 4.10. The molecule has 0 aliphatic heterocycles. The van der Waals surface area contributed by atoms with Crippen molar-refractivity contribution in [3.8, 4) is 11.1 Å². The molecule has 0 saturated heterocycles. The van der Waals surface area contributed by atoms with Gasteiger partial charge in [-0.3, -0.25) is 14.6 Å². The molecule has 2 aromatic carbocycles. The van der Waals surface area contributed by atoms with E-state index in [2.05, 4.69) is 34.6 Å². The van der Waals surface area contributed by atoms with Crippen molar-refractivity contribution in [3.63, 3.8) is 0 Å². The van der Waals surface area contributed by atoms with E-state index < -0.39 is 17.2 Å². The quantitative estimate of drug-likeness (QED) is 0.428. The molecule has 8 heteroatoms. The molecular weight excluding hydrogens is 396 g/mol. The van der Waals surface area contributed by atoms with Crippen LogP contribution in [0, 0.1) is 0 Å². The number of nitrogen functional groups attached to an aromatic ring is 1. The van der Waals surface area contributed by atoms with Crippen molar-refractivity contribution in [2.24, 2.45) is 0 Å². The van der Waals surface area contributed by atoms with Crippen molar-refractivity contribution in [2.75, 3.05) is 5.73 Å². The molecule has 1 fully saturated rings. The van der Waals surface area contributed by atoms with Gasteiger partial charge in [-0.05, 0) is 47.4 Å². The predicted octanol–water partition coefficient (Wildman–Crippen LogP) is 1.87. The number of aliphatic hydroxyl groups is 1. The number of nitrogens with two attached hydrogens (primary N) is 1. The summed E-state index contributed by atoms with van der Waals surface area (Å²) in [6.45, 7) is 0.0298. The van der Waals surface area contributed by atoms with Gasteiger partial charge in [-0.25, -0.2) is 4.79 Å². The monoisotopic (exact) mass is 420 g/mol. The summed E-state index contributed by atoms with van der Waals surface area (Å²) in [6.07, 6.45) is 2.49. The van der Waals surface area contributed by atoms with Crippen LogP contribution in [0.15, 0.2) is 58.1 Å². The summed E-state index contributed by atoms with van der Waals surface area (Å²) in [5.74, 6) is -0.236. The predicted molar refractivity (Wildman–Crippen MR) is 118 cm³/mol. The molecule has 0 spiro atoms. The number of anilines is 1. The van der Waals surface area contributed by atoms with Crippen molar-refractivity contribution < 1.29 is 9.90 Å². The van der Waals surface area contributed by atoms with Crippen molar-refractivity contribution in [2.45, 2.75) is 37.8 Å². The van der Waals surface area contributed by atoms with Gasteiger partial charge in [0, 0.05) is 6.04 Å².